The smallest absolute Gasteiger partial charge is 0.387 e. The third-order valence-corrected chi connectivity index (χ3v) is 9.48. The maximum atomic E-state index is 12.0. The van der Waals surface area contributed by atoms with Crippen LogP contribution in [0.25, 0.3) is 11.2 Å². The first-order chi connectivity index (χ1) is 15.9. The number of nitrogens with zero attached hydrogens (tertiary/aromatic N) is 4. The van der Waals surface area contributed by atoms with Crippen LogP contribution >= 0.6 is 31.3 Å². The van der Waals surface area contributed by atoms with E-state index in [1.807, 2.05) is 0 Å². The van der Waals surface area contributed by atoms with E-state index in [1.165, 1.54) is 4.57 Å². The molecule has 198 valence electrons. The number of nitrogens with two attached hydrogens (primary N) is 1. The molecule has 9 N–H and O–H groups in total. The summed E-state index contributed by atoms with van der Waals surface area (Å²) in [4.78, 5) is 56.5. The van der Waals surface area contributed by atoms with Gasteiger partial charge in [-0.3, -0.25) is 9.09 Å². The monoisotopic (exact) mass is 587 g/mol. The van der Waals surface area contributed by atoms with Crippen LogP contribution in [-0.2, 0) is 40.5 Å². The molecule has 35 heavy (non-hydrogen) atoms. The molecule has 21 nitrogen and oxygen atoms in total. The molecule has 0 aliphatic carbocycles. The first-order valence-corrected chi connectivity index (χ1v) is 14.7. The number of hydrogen-bond donors (Lipinski definition) is 8. The molecule has 0 spiro atoms. The molecular formula is C10H17N5O16P4. The Bertz CT molecular complexity index is 1280. The van der Waals surface area contributed by atoms with E-state index < -0.39 is 62.4 Å². The van der Waals surface area contributed by atoms with E-state index in [9.17, 15) is 38.3 Å². The maximum Gasteiger partial charge on any atom is 0.490 e. The number of aromatic nitrogens is 4. The maximum absolute atomic E-state index is 12.0. The predicted octanol–water partition coefficient (Wildman–Crippen LogP) is -1.51. The van der Waals surface area contributed by atoms with Crippen LogP contribution < -0.4 is 5.73 Å². The van der Waals surface area contributed by atoms with Gasteiger partial charge in [-0.2, -0.15) is 12.9 Å². The highest BCUT2D eigenvalue weighted by Crippen LogP contribution is 2.70. The third-order valence-electron chi connectivity index (χ3n) is 4.02. The SMILES string of the molecule is Nc1ncnc2c1ncn2[C@@H]1O[C@H](COP(=O)(O)OP(=O)(O)OP(=O)(O)OP(=O)(O)O)C(O)C1O. The number of nitrogen functional groups attached to an aromatic ring is 1. The first-order valence-electron chi connectivity index (χ1n) is 8.67. The van der Waals surface area contributed by atoms with Gasteiger partial charge in [0.05, 0.1) is 12.9 Å². The molecule has 0 bridgehead atoms. The number of imidazole rings is 1. The average molecular weight is 587 g/mol. The minimum Gasteiger partial charge on any atom is -0.387 e. The number of aliphatic hydroxyl groups excluding tert-OH is 2. The second-order valence-corrected chi connectivity index (χ2v) is 12.6. The van der Waals surface area contributed by atoms with Crippen LogP contribution in [0.2, 0.25) is 0 Å². The molecule has 5 unspecified atom stereocenters. The molecule has 2 aromatic rings. The van der Waals surface area contributed by atoms with Crippen molar-refractivity contribution in [2.24, 2.45) is 0 Å². The van der Waals surface area contributed by atoms with Gasteiger partial charge in [0, 0.05) is 0 Å². The third kappa shape index (κ3) is 7.18. The molecule has 1 aliphatic rings. The highest BCUT2D eigenvalue weighted by molar-refractivity contribution is 7.69. The van der Waals surface area contributed by atoms with Crippen molar-refractivity contribution < 1.29 is 75.1 Å². The average Bonchev–Trinajstić information content (AvgIpc) is 3.19. The van der Waals surface area contributed by atoms with E-state index in [1.54, 1.807) is 0 Å². The second-order valence-electron chi connectivity index (χ2n) is 6.57. The van der Waals surface area contributed by atoms with Gasteiger partial charge in [0.25, 0.3) is 0 Å². The molecule has 0 aromatic carbocycles. The zero-order chi connectivity index (χ0) is 26.4. The van der Waals surface area contributed by atoms with Gasteiger partial charge in [-0.05, 0) is 0 Å². The molecule has 1 saturated heterocycles. The normalized spacial score (nSPS) is 28.4. The van der Waals surface area contributed by atoms with Crippen LogP contribution in [0.5, 0.6) is 0 Å². The van der Waals surface area contributed by atoms with E-state index in [2.05, 4.69) is 32.4 Å². The lowest BCUT2D eigenvalue weighted by Crippen LogP contribution is -2.33. The van der Waals surface area contributed by atoms with Gasteiger partial charge in [-0.15, -0.1) is 0 Å². The van der Waals surface area contributed by atoms with Crippen molar-refractivity contribution in [2.75, 3.05) is 12.3 Å². The highest BCUT2D eigenvalue weighted by Gasteiger charge is 2.48. The number of phosphoric ester groups is 1. The summed E-state index contributed by atoms with van der Waals surface area (Å²) < 4.78 is 67.0. The van der Waals surface area contributed by atoms with Crippen molar-refractivity contribution in [3.05, 3.63) is 12.7 Å². The Morgan fingerprint density at radius 2 is 1.51 bits per heavy atom. The zero-order valence-electron chi connectivity index (χ0n) is 16.6. The van der Waals surface area contributed by atoms with Crippen molar-refractivity contribution in [1.29, 1.82) is 0 Å². The van der Waals surface area contributed by atoms with E-state index >= 15 is 0 Å². The second kappa shape index (κ2) is 9.92. The standard InChI is InChI=1S/C10H17N5O16P4/c11-8-5-9(13-2-12-8)15(3-14-5)10-7(17)6(16)4(28-10)1-27-33(21,22)30-35(25,26)31-34(23,24)29-32(18,19)20/h2-4,6-7,10,16-17H,1H2,(H,21,22)(H,23,24)(H,25,26)(H2,11,12,13)(H2,18,19,20)/t4-,6?,7?,10-/m1/s1. The Balaban J connectivity index is 1.65. The largest absolute Gasteiger partial charge is 0.490 e. The number of aliphatic hydroxyl groups is 2. The summed E-state index contributed by atoms with van der Waals surface area (Å²) in [6.07, 6.45) is -4.05. The van der Waals surface area contributed by atoms with Gasteiger partial charge in [0.15, 0.2) is 17.7 Å². The van der Waals surface area contributed by atoms with Crippen molar-refractivity contribution in [2.45, 2.75) is 24.5 Å². The summed E-state index contributed by atoms with van der Waals surface area (Å²) in [6.45, 7) is -1.05. The number of hydrogen-bond acceptors (Lipinski definition) is 15. The van der Waals surface area contributed by atoms with Gasteiger partial charge in [0.1, 0.15) is 30.2 Å². The number of phosphoric acid groups is 4. The fourth-order valence-electron chi connectivity index (χ4n) is 2.77. The van der Waals surface area contributed by atoms with Crippen molar-refractivity contribution in [3.8, 4) is 0 Å². The van der Waals surface area contributed by atoms with Crippen molar-refractivity contribution >= 4 is 48.3 Å². The lowest BCUT2D eigenvalue weighted by Gasteiger charge is -2.20. The van der Waals surface area contributed by atoms with Crippen molar-refractivity contribution in [3.63, 3.8) is 0 Å². The molecule has 2 aromatic heterocycles. The van der Waals surface area contributed by atoms with Crippen LogP contribution in [0, 0.1) is 0 Å². The molecule has 3 heterocycles. The number of ether oxygens (including phenoxy) is 1. The molecule has 25 heteroatoms. The first kappa shape index (κ1) is 28.4. The number of rotatable bonds is 10. The fourth-order valence-corrected chi connectivity index (χ4v) is 7.23. The molecule has 0 radical (unpaired) electrons. The molecule has 0 amide bonds. The predicted molar refractivity (Wildman–Crippen MR) is 106 cm³/mol. The molecular weight excluding hydrogens is 570 g/mol. The van der Waals surface area contributed by atoms with Crippen LogP contribution in [0.1, 0.15) is 6.23 Å². The fraction of sp³-hybridized carbons (Fsp3) is 0.500. The van der Waals surface area contributed by atoms with Crippen LogP contribution in [0.15, 0.2) is 12.7 Å². The van der Waals surface area contributed by atoms with E-state index in [4.69, 9.17) is 25.2 Å². The lowest BCUT2D eigenvalue weighted by molar-refractivity contribution is -0.0503. The summed E-state index contributed by atoms with van der Waals surface area (Å²) in [5, 5.41) is 20.5. The van der Waals surface area contributed by atoms with Gasteiger partial charge in [-0.25, -0.2) is 33.2 Å². The number of anilines is 1. The van der Waals surface area contributed by atoms with Gasteiger partial charge in [-0.1, -0.05) is 0 Å². The Labute approximate surface area is 193 Å². The summed E-state index contributed by atoms with van der Waals surface area (Å²) in [5.41, 5.74) is 5.92. The van der Waals surface area contributed by atoms with Crippen molar-refractivity contribution in [1.82, 2.24) is 19.5 Å². The van der Waals surface area contributed by atoms with E-state index in [0.29, 0.717) is 0 Å². The minimum absolute atomic E-state index is 0.00862. The van der Waals surface area contributed by atoms with Crippen LogP contribution in [0.4, 0.5) is 5.82 Å². The Kier molecular flexibility index (Phi) is 8.04. The molecule has 1 fully saturated rings. The minimum atomic E-state index is -6.00. The summed E-state index contributed by atoms with van der Waals surface area (Å²) in [5.74, 6) is 0.00862. The summed E-state index contributed by atoms with van der Waals surface area (Å²) in [7, 11) is -23.3. The highest BCUT2D eigenvalue weighted by atomic mass is 31.3. The zero-order valence-corrected chi connectivity index (χ0v) is 20.2. The van der Waals surface area contributed by atoms with Gasteiger partial charge < -0.3 is 45.2 Å². The van der Waals surface area contributed by atoms with Gasteiger partial charge in [0.2, 0.25) is 0 Å². The topological polar surface area (TPSA) is 326 Å². The van der Waals surface area contributed by atoms with E-state index in [0.717, 1.165) is 12.7 Å². The van der Waals surface area contributed by atoms with Crippen LogP contribution in [-0.4, -0.2) is 79.1 Å². The van der Waals surface area contributed by atoms with E-state index in [-0.39, 0.29) is 17.0 Å². The Morgan fingerprint density at radius 1 is 0.914 bits per heavy atom. The summed E-state index contributed by atoms with van der Waals surface area (Å²) >= 11 is 0. The molecule has 7 atom stereocenters. The molecule has 1 aliphatic heterocycles. The summed E-state index contributed by atoms with van der Waals surface area (Å²) in [6, 6.07) is 0. The molecule has 3 rings (SSSR count). The lowest BCUT2D eigenvalue weighted by atomic mass is 10.1. The molecule has 0 saturated carbocycles. The Hall–Kier alpha value is -1.21. The Morgan fingerprint density at radius 3 is 2.14 bits per heavy atom. The number of fused-ring (bicyclic) bond motifs is 1. The van der Waals surface area contributed by atoms with Gasteiger partial charge >= 0.3 is 31.3 Å². The van der Waals surface area contributed by atoms with Crippen LogP contribution in [0.3, 0.4) is 0 Å². The quantitative estimate of drug-likeness (QED) is 0.146.